The maximum atomic E-state index is 12.7. The first-order valence-corrected chi connectivity index (χ1v) is 9.51. The van der Waals surface area contributed by atoms with Crippen LogP contribution in [0.4, 0.5) is 0 Å². The van der Waals surface area contributed by atoms with E-state index in [0.29, 0.717) is 15.1 Å². The highest BCUT2D eigenvalue weighted by Crippen LogP contribution is 2.31. The van der Waals surface area contributed by atoms with E-state index in [2.05, 4.69) is 29.4 Å². The molecule has 21 heavy (non-hydrogen) atoms. The lowest BCUT2D eigenvalue weighted by Crippen LogP contribution is -2.04. The highest BCUT2D eigenvalue weighted by Gasteiger charge is 2.21. The minimum Gasteiger partial charge on any atom is -0.218 e. The van der Waals surface area contributed by atoms with Gasteiger partial charge in [-0.1, -0.05) is 43.5 Å². The van der Waals surface area contributed by atoms with Crippen molar-refractivity contribution in [1.29, 1.82) is 0 Å². The van der Waals surface area contributed by atoms with E-state index >= 15 is 0 Å². The summed E-state index contributed by atoms with van der Waals surface area (Å²) < 4.78 is 25.6. The Kier molecular flexibility index (Phi) is 7.40. The molecular weight excluding hydrogens is 348 g/mol. The molecule has 0 atom stereocenters. The number of halogens is 1. The zero-order chi connectivity index (χ0) is 15.9. The van der Waals surface area contributed by atoms with Gasteiger partial charge < -0.3 is 0 Å². The van der Waals surface area contributed by atoms with E-state index in [-0.39, 0.29) is 0 Å². The van der Waals surface area contributed by atoms with E-state index in [9.17, 15) is 8.42 Å². The van der Waals surface area contributed by atoms with Crippen molar-refractivity contribution in [2.45, 2.75) is 50.8 Å². The molecule has 0 amide bonds. The predicted octanol–water partition coefficient (Wildman–Crippen LogP) is 5.53. The zero-order valence-electron chi connectivity index (χ0n) is 12.7. The molecule has 1 aromatic carbocycles. The van der Waals surface area contributed by atoms with Gasteiger partial charge in [-0.15, -0.1) is 6.58 Å². The van der Waals surface area contributed by atoms with Gasteiger partial charge >= 0.3 is 0 Å². The summed E-state index contributed by atoms with van der Waals surface area (Å²) in [5.41, 5.74) is 1.95. The van der Waals surface area contributed by atoms with Gasteiger partial charge in [0.2, 0.25) is 9.84 Å². The van der Waals surface area contributed by atoms with E-state index < -0.39 is 9.84 Å². The Bertz CT molecular complexity index is 598. The molecule has 0 saturated heterocycles. The van der Waals surface area contributed by atoms with Crippen molar-refractivity contribution in [2.24, 2.45) is 0 Å². The van der Waals surface area contributed by atoms with Crippen LogP contribution in [-0.2, 0) is 9.84 Å². The van der Waals surface area contributed by atoms with Crippen LogP contribution >= 0.6 is 15.9 Å². The first-order valence-electron chi connectivity index (χ1n) is 7.23. The van der Waals surface area contributed by atoms with Crippen LogP contribution in [0.1, 0.15) is 44.6 Å². The van der Waals surface area contributed by atoms with Crippen molar-refractivity contribution in [3.05, 3.63) is 51.9 Å². The second kappa shape index (κ2) is 8.54. The predicted molar refractivity (Wildman–Crippen MR) is 93.3 cm³/mol. The lowest BCUT2D eigenvalue weighted by molar-refractivity contribution is 0.603. The van der Waals surface area contributed by atoms with Crippen LogP contribution < -0.4 is 0 Å². The normalized spacial score (nSPS) is 12.9. The van der Waals surface area contributed by atoms with Crippen LogP contribution in [0.25, 0.3) is 0 Å². The van der Waals surface area contributed by atoms with Gasteiger partial charge in [0.15, 0.2) is 0 Å². The molecular formula is C17H23BrO2S. The quantitative estimate of drug-likeness (QED) is 0.445. The second-order valence-corrected chi connectivity index (χ2v) is 8.35. The van der Waals surface area contributed by atoms with Gasteiger partial charge in [-0.2, -0.15) is 0 Å². The molecule has 0 bridgehead atoms. The third kappa shape index (κ3) is 5.11. The Labute approximate surface area is 137 Å². The number of unbranched alkanes of at least 4 members (excludes halogenated alkanes) is 2. The number of sulfone groups is 1. The highest BCUT2D eigenvalue weighted by molar-refractivity contribution is 9.13. The van der Waals surface area contributed by atoms with Crippen LogP contribution in [0.5, 0.6) is 0 Å². The average molecular weight is 371 g/mol. The van der Waals surface area contributed by atoms with Crippen molar-refractivity contribution in [2.75, 3.05) is 0 Å². The molecule has 0 N–H and O–H groups in total. The highest BCUT2D eigenvalue weighted by atomic mass is 79.9. The Morgan fingerprint density at radius 1 is 1.24 bits per heavy atom. The number of rotatable bonds is 8. The van der Waals surface area contributed by atoms with Crippen LogP contribution in [0.2, 0.25) is 0 Å². The maximum absolute atomic E-state index is 12.7. The topological polar surface area (TPSA) is 34.1 Å². The molecule has 0 aliphatic carbocycles. The van der Waals surface area contributed by atoms with Crippen molar-refractivity contribution in [3.63, 3.8) is 0 Å². The molecule has 4 heteroatoms. The van der Waals surface area contributed by atoms with Crippen LogP contribution in [0, 0.1) is 6.92 Å². The molecule has 0 saturated carbocycles. The SMILES string of the molecule is C=CC/C(CCCCC)=C(\Br)S(=O)(=O)c1ccc(C)cc1. The Hall–Kier alpha value is -0.870. The third-order valence-electron chi connectivity index (χ3n) is 3.32. The lowest BCUT2D eigenvalue weighted by atomic mass is 10.1. The van der Waals surface area contributed by atoms with E-state index in [0.717, 1.165) is 36.8 Å². The first-order chi connectivity index (χ1) is 9.93. The molecule has 2 nitrogen and oxygen atoms in total. The Balaban J connectivity index is 3.13. The van der Waals surface area contributed by atoms with Crippen molar-refractivity contribution in [1.82, 2.24) is 0 Å². The second-order valence-electron chi connectivity index (χ2n) is 5.14. The number of hydrogen-bond donors (Lipinski definition) is 0. The number of hydrogen-bond acceptors (Lipinski definition) is 2. The van der Waals surface area contributed by atoms with Gasteiger partial charge in [-0.25, -0.2) is 8.42 Å². The Morgan fingerprint density at radius 2 is 1.86 bits per heavy atom. The summed E-state index contributed by atoms with van der Waals surface area (Å²) in [6.07, 6.45) is 6.35. The number of allylic oxidation sites excluding steroid dienone is 2. The van der Waals surface area contributed by atoms with Crippen LogP contribution in [0.3, 0.4) is 0 Å². The van der Waals surface area contributed by atoms with E-state index in [1.807, 2.05) is 19.1 Å². The zero-order valence-corrected chi connectivity index (χ0v) is 15.1. The molecule has 0 fully saturated rings. The summed E-state index contributed by atoms with van der Waals surface area (Å²) in [4.78, 5) is 0.331. The minimum atomic E-state index is -3.47. The first kappa shape index (κ1) is 18.2. The van der Waals surface area contributed by atoms with Crippen molar-refractivity contribution in [3.8, 4) is 0 Å². The van der Waals surface area contributed by atoms with Gasteiger partial charge in [0.05, 0.1) is 4.90 Å². The molecule has 0 aliphatic rings. The van der Waals surface area contributed by atoms with Crippen LogP contribution in [-0.4, -0.2) is 8.42 Å². The molecule has 116 valence electrons. The van der Waals surface area contributed by atoms with E-state index in [1.54, 1.807) is 18.2 Å². The van der Waals surface area contributed by atoms with Gasteiger partial charge in [0.25, 0.3) is 0 Å². The summed E-state index contributed by atoms with van der Waals surface area (Å²) in [5, 5.41) is 0. The van der Waals surface area contributed by atoms with E-state index in [1.165, 1.54) is 0 Å². The summed E-state index contributed by atoms with van der Waals surface area (Å²) in [6.45, 7) is 7.80. The van der Waals surface area contributed by atoms with Gasteiger partial charge in [0, 0.05) is 0 Å². The molecule has 0 radical (unpaired) electrons. The molecule has 0 aliphatic heterocycles. The third-order valence-corrected chi connectivity index (χ3v) is 6.81. The molecule has 0 unspecified atom stereocenters. The summed E-state index contributed by atoms with van der Waals surface area (Å²) >= 11 is 3.32. The minimum absolute atomic E-state index is 0.301. The van der Waals surface area contributed by atoms with Gasteiger partial charge in [-0.05, 0) is 59.8 Å². The summed E-state index contributed by atoms with van der Waals surface area (Å²) in [6, 6.07) is 6.95. The smallest absolute Gasteiger partial charge is 0.213 e. The van der Waals surface area contributed by atoms with Crippen molar-refractivity contribution >= 4 is 25.8 Å². The fourth-order valence-electron chi connectivity index (χ4n) is 2.05. The van der Waals surface area contributed by atoms with Gasteiger partial charge in [0.1, 0.15) is 3.81 Å². The number of benzene rings is 1. The molecule has 0 spiro atoms. The summed E-state index contributed by atoms with van der Waals surface area (Å²) in [7, 11) is -3.47. The van der Waals surface area contributed by atoms with E-state index in [4.69, 9.17) is 0 Å². The van der Waals surface area contributed by atoms with Gasteiger partial charge in [-0.3, -0.25) is 0 Å². The lowest BCUT2D eigenvalue weighted by Gasteiger charge is -2.11. The molecule has 1 rings (SSSR count). The summed E-state index contributed by atoms with van der Waals surface area (Å²) in [5.74, 6) is 0. The number of aryl methyl sites for hydroxylation is 1. The molecule has 0 aromatic heterocycles. The largest absolute Gasteiger partial charge is 0.218 e. The fourth-order valence-corrected chi connectivity index (χ4v) is 4.24. The maximum Gasteiger partial charge on any atom is 0.213 e. The molecule has 1 aromatic rings. The monoisotopic (exact) mass is 370 g/mol. The fraction of sp³-hybridized carbons (Fsp3) is 0.412. The standard InChI is InChI=1S/C17H23BrO2S/c1-4-6-7-9-15(8-5-2)17(18)21(19,20)16-12-10-14(3)11-13-16/h5,10-13H,2,4,6-9H2,1,3H3/b17-15-. The Morgan fingerprint density at radius 3 is 2.38 bits per heavy atom. The van der Waals surface area contributed by atoms with Crippen LogP contribution in [0.15, 0.2) is 51.2 Å². The average Bonchev–Trinajstić information content (AvgIpc) is 2.46. The van der Waals surface area contributed by atoms with Crippen molar-refractivity contribution < 1.29 is 8.42 Å². The molecule has 0 heterocycles.